The van der Waals surface area contributed by atoms with Gasteiger partial charge in [0, 0.05) is 12.1 Å². The summed E-state index contributed by atoms with van der Waals surface area (Å²) in [6, 6.07) is 2.34. The van der Waals surface area contributed by atoms with Crippen molar-refractivity contribution < 1.29 is 35.8 Å². The zero-order chi connectivity index (χ0) is 16.5. The highest BCUT2D eigenvalue weighted by Crippen LogP contribution is 2.43. The van der Waals surface area contributed by atoms with Gasteiger partial charge in [-0.25, -0.2) is 0 Å². The Labute approximate surface area is 122 Å². The molecule has 1 saturated carbocycles. The van der Waals surface area contributed by atoms with Gasteiger partial charge in [-0.05, 0) is 43.5 Å². The maximum Gasteiger partial charge on any atom is 0.573 e. The van der Waals surface area contributed by atoms with Gasteiger partial charge in [-0.3, -0.25) is 0 Å². The van der Waals surface area contributed by atoms with Crippen molar-refractivity contribution in [2.24, 2.45) is 5.92 Å². The quantitative estimate of drug-likeness (QED) is 0.823. The van der Waals surface area contributed by atoms with E-state index >= 15 is 0 Å². The summed E-state index contributed by atoms with van der Waals surface area (Å²) < 4.78 is 81.2. The van der Waals surface area contributed by atoms with Gasteiger partial charge in [0.1, 0.15) is 11.5 Å². The summed E-state index contributed by atoms with van der Waals surface area (Å²) in [5.74, 6) is -1.32. The molecule has 0 heterocycles. The molecule has 1 unspecified atom stereocenters. The molecular weight excluding hydrogens is 316 g/mol. The van der Waals surface area contributed by atoms with Gasteiger partial charge in [0.2, 0.25) is 0 Å². The molecule has 0 aliphatic heterocycles. The van der Waals surface area contributed by atoms with E-state index in [1.165, 1.54) is 0 Å². The van der Waals surface area contributed by atoms with Crippen LogP contribution < -0.4 is 14.8 Å². The average Bonchev–Trinajstić information content (AvgIpc) is 3.09. The minimum Gasteiger partial charge on any atom is -0.406 e. The maximum atomic E-state index is 12.3. The fourth-order valence-electron chi connectivity index (χ4n) is 2.26. The van der Waals surface area contributed by atoms with Gasteiger partial charge in [-0.1, -0.05) is 0 Å². The van der Waals surface area contributed by atoms with E-state index in [9.17, 15) is 26.3 Å². The first-order chi connectivity index (χ1) is 10.1. The van der Waals surface area contributed by atoms with E-state index in [1.807, 2.05) is 0 Å². The van der Waals surface area contributed by atoms with E-state index in [0.717, 1.165) is 25.0 Å². The van der Waals surface area contributed by atoms with Crippen LogP contribution in [0.3, 0.4) is 0 Å². The lowest BCUT2D eigenvalue weighted by Gasteiger charge is -2.19. The lowest BCUT2D eigenvalue weighted by molar-refractivity contribution is -0.276. The molecule has 2 rings (SSSR count). The Morgan fingerprint density at radius 3 is 1.73 bits per heavy atom. The van der Waals surface area contributed by atoms with Gasteiger partial charge in [0.05, 0.1) is 0 Å². The summed E-state index contributed by atoms with van der Waals surface area (Å²) in [6.45, 7) is 0. The molecule has 1 aromatic carbocycles. The van der Waals surface area contributed by atoms with Crippen molar-refractivity contribution in [2.75, 3.05) is 7.05 Å². The van der Waals surface area contributed by atoms with E-state index < -0.39 is 24.2 Å². The van der Waals surface area contributed by atoms with Crippen LogP contribution in [0.5, 0.6) is 11.5 Å². The number of rotatable bonds is 5. The molecule has 0 aromatic heterocycles. The molecule has 1 atom stereocenters. The molecule has 22 heavy (non-hydrogen) atoms. The third-order valence-electron chi connectivity index (χ3n) is 3.13. The Morgan fingerprint density at radius 2 is 1.41 bits per heavy atom. The van der Waals surface area contributed by atoms with E-state index in [0.29, 0.717) is 6.07 Å². The van der Waals surface area contributed by atoms with Gasteiger partial charge < -0.3 is 14.8 Å². The van der Waals surface area contributed by atoms with Crippen LogP contribution in [0, 0.1) is 5.92 Å². The van der Waals surface area contributed by atoms with Crippen molar-refractivity contribution in [2.45, 2.75) is 31.6 Å². The molecule has 0 bridgehead atoms. The third-order valence-corrected chi connectivity index (χ3v) is 3.13. The van der Waals surface area contributed by atoms with Gasteiger partial charge in [-0.15, -0.1) is 26.3 Å². The second kappa shape index (κ2) is 5.86. The Kier molecular flexibility index (Phi) is 4.46. The lowest BCUT2D eigenvalue weighted by atomic mass is 10.0. The van der Waals surface area contributed by atoms with Crippen LogP contribution in [-0.2, 0) is 0 Å². The van der Waals surface area contributed by atoms with Gasteiger partial charge in [-0.2, -0.15) is 0 Å². The highest BCUT2D eigenvalue weighted by atomic mass is 19.4. The molecule has 1 aliphatic carbocycles. The Morgan fingerprint density at radius 1 is 0.955 bits per heavy atom. The molecular formula is C13H13F6NO2. The molecule has 3 nitrogen and oxygen atoms in total. The SMILES string of the molecule is CNC(c1cc(OC(F)(F)F)cc(OC(F)(F)F)c1)C1CC1. The largest absolute Gasteiger partial charge is 0.573 e. The zero-order valence-corrected chi connectivity index (χ0v) is 11.4. The highest BCUT2D eigenvalue weighted by molar-refractivity contribution is 5.40. The van der Waals surface area contributed by atoms with Crippen molar-refractivity contribution >= 4 is 0 Å². The van der Waals surface area contributed by atoms with Crippen molar-refractivity contribution in [3.8, 4) is 11.5 Å². The normalized spacial score (nSPS) is 17.2. The highest BCUT2D eigenvalue weighted by Gasteiger charge is 2.36. The molecule has 1 N–H and O–H groups in total. The van der Waals surface area contributed by atoms with Crippen molar-refractivity contribution in [3.63, 3.8) is 0 Å². The van der Waals surface area contributed by atoms with Gasteiger partial charge in [0.25, 0.3) is 0 Å². The first-order valence-electron chi connectivity index (χ1n) is 6.41. The number of nitrogens with one attached hydrogen (secondary N) is 1. The van der Waals surface area contributed by atoms with Crippen LogP contribution in [0.2, 0.25) is 0 Å². The molecule has 1 aromatic rings. The summed E-state index contributed by atoms with van der Waals surface area (Å²) >= 11 is 0. The molecule has 0 radical (unpaired) electrons. The number of ether oxygens (including phenoxy) is 2. The summed E-state index contributed by atoms with van der Waals surface area (Å²) in [7, 11) is 1.59. The third kappa shape index (κ3) is 4.97. The minimum atomic E-state index is -5.00. The first kappa shape index (κ1) is 16.7. The number of benzene rings is 1. The predicted molar refractivity (Wildman–Crippen MR) is 64.3 cm³/mol. The number of hydrogen-bond acceptors (Lipinski definition) is 3. The topological polar surface area (TPSA) is 30.5 Å². The number of alkyl halides is 6. The fourth-order valence-corrected chi connectivity index (χ4v) is 2.26. The van der Waals surface area contributed by atoms with E-state index in [1.54, 1.807) is 7.05 Å². The van der Waals surface area contributed by atoms with Crippen LogP contribution in [0.1, 0.15) is 24.4 Å². The van der Waals surface area contributed by atoms with E-state index in [2.05, 4.69) is 14.8 Å². The van der Waals surface area contributed by atoms with Gasteiger partial charge in [0.15, 0.2) is 0 Å². The van der Waals surface area contributed by atoms with Crippen LogP contribution in [-0.4, -0.2) is 19.8 Å². The summed E-state index contributed by atoms with van der Waals surface area (Å²) in [5.41, 5.74) is 0.256. The molecule has 0 saturated heterocycles. The summed E-state index contributed by atoms with van der Waals surface area (Å²) in [4.78, 5) is 0. The molecule has 9 heteroatoms. The Balaban J connectivity index is 2.34. The second-order valence-electron chi connectivity index (χ2n) is 4.94. The fraction of sp³-hybridized carbons (Fsp3) is 0.538. The van der Waals surface area contributed by atoms with Crippen LogP contribution in [0.15, 0.2) is 18.2 Å². The standard InChI is InChI=1S/C13H13F6NO2/c1-20-11(7-2-3-7)8-4-9(21-12(14,15)16)6-10(5-8)22-13(17,18)19/h4-7,11,20H,2-3H2,1H3. The van der Waals surface area contributed by atoms with E-state index in [4.69, 9.17) is 0 Å². The predicted octanol–water partition coefficient (Wildman–Crippen LogP) is 4.15. The van der Waals surface area contributed by atoms with E-state index in [-0.39, 0.29) is 17.5 Å². The lowest BCUT2D eigenvalue weighted by Crippen LogP contribution is -2.21. The monoisotopic (exact) mass is 329 g/mol. The maximum absolute atomic E-state index is 12.3. The average molecular weight is 329 g/mol. The van der Waals surface area contributed by atoms with Crippen LogP contribution in [0.25, 0.3) is 0 Å². The van der Waals surface area contributed by atoms with Gasteiger partial charge >= 0.3 is 12.7 Å². The number of halogens is 6. The van der Waals surface area contributed by atoms with Crippen LogP contribution in [0.4, 0.5) is 26.3 Å². The smallest absolute Gasteiger partial charge is 0.406 e. The van der Waals surface area contributed by atoms with Crippen molar-refractivity contribution in [1.29, 1.82) is 0 Å². The first-order valence-corrected chi connectivity index (χ1v) is 6.41. The molecule has 1 aliphatic rings. The molecule has 0 amide bonds. The Hall–Kier alpha value is -1.64. The van der Waals surface area contributed by atoms with Crippen molar-refractivity contribution in [1.82, 2.24) is 5.32 Å². The summed E-state index contributed by atoms with van der Waals surface area (Å²) in [5, 5.41) is 2.89. The Bertz CT molecular complexity index is 490. The van der Waals surface area contributed by atoms with Crippen LogP contribution >= 0.6 is 0 Å². The molecule has 124 valence electrons. The summed E-state index contributed by atoms with van der Waals surface area (Å²) in [6.07, 6.45) is -8.29. The van der Waals surface area contributed by atoms with Crippen molar-refractivity contribution in [3.05, 3.63) is 23.8 Å². The number of hydrogen-bond donors (Lipinski definition) is 1. The molecule has 1 fully saturated rings. The zero-order valence-electron chi connectivity index (χ0n) is 11.4. The minimum absolute atomic E-state index is 0.171. The second-order valence-corrected chi connectivity index (χ2v) is 4.94. The molecule has 0 spiro atoms.